The zero-order chi connectivity index (χ0) is 22.8. The predicted molar refractivity (Wildman–Crippen MR) is 118 cm³/mol. The molecule has 0 aliphatic rings. The number of carbonyl (C=O) groups is 2. The van der Waals surface area contributed by atoms with Gasteiger partial charge in [0.05, 0.1) is 14.2 Å². The second-order valence-corrected chi connectivity index (χ2v) is 7.30. The van der Waals surface area contributed by atoms with Gasteiger partial charge in [-0.25, -0.2) is 4.39 Å². The first-order chi connectivity index (χ1) is 14.9. The van der Waals surface area contributed by atoms with E-state index in [-0.39, 0.29) is 24.2 Å². The quantitative estimate of drug-likeness (QED) is 0.590. The molecule has 1 N–H and O–H groups in total. The SMILES string of the molecule is CCCC(=O)N(Cc1ccc(F)cc1)[C@H](C)C(=O)NCCc1ccc(OC)c(OC)c1. The molecule has 7 heteroatoms. The topological polar surface area (TPSA) is 67.9 Å². The molecule has 1 atom stereocenters. The largest absolute Gasteiger partial charge is 0.493 e. The Balaban J connectivity index is 2.00. The van der Waals surface area contributed by atoms with E-state index in [1.807, 2.05) is 25.1 Å². The Bertz CT molecular complexity index is 870. The highest BCUT2D eigenvalue weighted by Crippen LogP contribution is 2.27. The van der Waals surface area contributed by atoms with Gasteiger partial charge in [0.1, 0.15) is 11.9 Å². The average molecular weight is 431 g/mol. The molecular formula is C24H31FN2O4. The Kier molecular flexibility index (Phi) is 9.31. The predicted octanol–water partition coefficient (Wildman–Crippen LogP) is 3.72. The Morgan fingerprint density at radius 1 is 1.03 bits per heavy atom. The Morgan fingerprint density at radius 3 is 2.29 bits per heavy atom. The lowest BCUT2D eigenvalue weighted by atomic mass is 10.1. The summed E-state index contributed by atoms with van der Waals surface area (Å²) in [5, 5.41) is 2.90. The molecule has 0 saturated heterocycles. The van der Waals surface area contributed by atoms with E-state index in [2.05, 4.69) is 5.32 Å². The second kappa shape index (κ2) is 11.9. The lowest BCUT2D eigenvalue weighted by molar-refractivity contribution is -0.140. The number of nitrogens with one attached hydrogen (secondary N) is 1. The van der Waals surface area contributed by atoms with Gasteiger partial charge >= 0.3 is 0 Å². The van der Waals surface area contributed by atoms with Crippen LogP contribution in [0.2, 0.25) is 0 Å². The molecule has 0 aromatic heterocycles. The number of amides is 2. The molecule has 0 bridgehead atoms. The van der Waals surface area contributed by atoms with E-state index in [0.29, 0.717) is 37.3 Å². The third-order valence-electron chi connectivity index (χ3n) is 5.06. The van der Waals surface area contributed by atoms with Gasteiger partial charge < -0.3 is 19.7 Å². The maximum Gasteiger partial charge on any atom is 0.242 e. The van der Waals surface area contributed by atoms with Crippen molar-refractivity contribution in [2.45, 2.75) is 45.7 Å². The molecule has 31 heavy (non-hydrogen) atoms. The first-order valence-electron chi connectivity index (χ1n) is 10.4. The Morgan fingerprint density at radius 2 is 1.68 bits per heavy atom. The van der Waals surface area contributed by atoms with E-state index in [1.165, 1.54) is 12.1 Å². The molecule has 2 aromatic carbocycles. The minimum absolute atomic E-state index is 0.102. The van der Waals surface area contributed by atoms with Gasteiger partial charge in [0, 0.05) is 19.5 Å². The van der Waals surface area contributed by atoms with Crippen molar-refractivity contribution in [3.63, 3.8) is 0 Å². The van der Waals surface area contributed by atoms with Gasteiger partial charge in [0.25, 0.3) is 0 Å². The fourth-order valence-electron chi connectivity index (χ4n) is 3.24. The van der Waals surface area contributed by atoms with Crippen molar-refractivity contribution in [2.75, 3.05) is 20.8 Å². The number of ether oxygens (including phenoxy) is 2. The number of nitrogens with zero attached hydrogens (tertiary/aromatic N) is 1. The summed E-state index contributed by atoms with van der Waals surface area (Å²) in [4.78, 5) is 26.9. The summed E-state index contributed by atoms with van der Waals surface area (Å²) in [5.74, 6) is 0.614. The van der Waals surface area contributed by atoms with Crippen LogP contribution in [0.4, 0.5) is 4.39 Å². The van der Waals surface area contributed by atoms with E-state index in [0.717, 1.165) is 11.1 Å². The number of carbonyl (C=O) groups excluding carboxylic acids is 2. The van der Waals surface area contributed by atoms with Crippen LogP contribution < -0.4 is 14.8 Å². The zero-order valence-corrected chi connectivity index (χ0v) is 18.6. The summed E-state index contributed by atoms with van der Waals surface area (Å²) in [5.41, 5.74) is 1.77. The third kappa shape index (κ3) is 6.98. The van der Waals surface area contributed by atoms with Crippen LogP contribution in [0, 0.1) is 5.82 Å². The molecule has 0 fully saturated rings. The fourth-order valence-corrected chi connectivity index (χ4v) is 3.24. The molecule has 0 aliphatic heterocycles. The van der Waals surface area contributed by atoms with Crippen LogP contribution in [-0.4, -0.2) is 43.5 Å². The van der Waals surface area contributed by atoms with Crippen LogP contribution in [0.15, 0.2) is 42.5 Å². The second-order valence-electron chi connectivity index (χ2n) is 7.30. The van der Waals surface area contributed by atoms with Crippen molar-refractivity contribution in [1.82, 2.24) is 10.2 Å². The molecule has 2 aromatic rings. The highest BCUT2D eigenvalue weighted by Gasteiger charge is 2.25. The third-order valence-corrected chi connectivity index (χ3v) is 5.06. The first kappa shape index (κ1) is 24.2. The van der Waals surface area contributed by atoms with Gasteiger partial charge in [-0.15, -0.1) is 0 Å². The molecule has 2 rings (SSSR count). The Labute approximate surface area is 183 Å². The van der Waals surface area contributed by atoms with Gasteiger partial charge in [0.15, 0.2) is 11.5 Å². The normalized spacial score (nSPS) is 11.5. The standard InChI is InChI=1S/C24H31FN2O4/c1-5-6-23(28)27(16-19-7-10-20(25)11-8-19)17(2)24(29)26-14-13-18-9-12-21(30-3)22(15-18)31-4/h7-12,15,17H,5-6,13-14,16H2,1-4H3,(H,26,29)/t17-/m1/s1. The molecular weight excluding hydrogens is 399 g/mol. The first-order valence-corrected chi connectivity index (χ1v) is 10.4. The summed E-state index contributed by atoms with van der Waals surface area (Å²) in [6.07, 6.45) is 1.65. The molecule has 168 valence electrons. The van der Waals surface area contributed by atoms with Crippen molar-refractivity contribution in [3.05, 3.63) is 59.4 Å². The number of hydrogen-bond donors (Lipinski definition) is 1. The van der Waals surface area contributed by atoms with Crippen LogP contribution in [0.3, 0.4) is 0 Å². The molecule has 0 heterocycles. The van der Waals surface area contributed by atoms with Gasteiger partial charge in [0.2, 0.25) is 11.8 Å². The van der Waals surface area contributed by atoms with Gasteiger partial charge in [-0.1, -0.05) is 25.1 Å². The van der Waals surface area contributed by atoms with E-state index in [1.54, 1.807) is 38.2 Å². The van der Waals surface area contributed by atoms with E-state index < -0.39 is 6.04 Å². The smallest absolute Gasteiger partial charge is 0.242 e. The number of halogens is 1. The summed E-state index contributed by atoms with van der Waals surface area (Å²) in [7, 11) is 3.16. The van der Waals surface area contributed by atoms with Gasteiger partial charge in [-0.3, -0.25) is 9.59 Å². The maximum atomic E-state index is 13.2. The summed E-state index contributed by atoms with van der Waals surface area (Å²) >= 11 is 0. The highest BCUT2D eigenvalue weighted by atomic mass is 19.1. The van der Waals surface area contributed by atoms with Crippen LogP contribution in [0.25, 0.3) is 0 Å². The molecule has 2 amide bonds. The van der Waals surface area contributed by atoms with E-state index >= 15 is 0 Å². The number of benzene rings is 2. The molecule has 6 nitrogen and oxygen atoms in total. The zero-order valence-electron chi connectivity index (χ0n) is 18.6. The van der Waals surface area contributed by atoms with E-state index in [9.17, 15) is 14.0 Å². The summed E-state index contributed by atoms with van der Waals surface area (Å²) in [6, 6.07) is 10.9. The summed E-state index contributed by atoms with van der Waals surface area (Å²) < 4.78 is 23.7. The van der Waals surface area contributed by atoms with Crippen molar-refractivity contribution in [1.29, 1.82) is 0 Å². The monoisotopic (exact) mass is 430 g/mol. The van der Waals surface area contributed by atoms with Crippen molar-refractivity contribution < 1.29 is 23.5 Å². The Hall–Kier alpha value is -3.09. The summed E-state index contributed by atoms with van der Waals surface area (Å²) in [6.45, 7) is 4.30. The van der Waals surface area contributed by atoms with E-state index in [4.69, 9.17) is 9.47 Å². The number of rotatable bonds is 11. The van der Waals surface area contributed by atoms with Gasteiger partial charge in [-0.2, -0.15) is 0 Å². The van der Waals surface area contributed by atoms with Crippen LogP contribution in [0.1, 0.15) is 37.8 Å². The van der Waals surface area contributed by atoms with Crippen LogP contribution in [-0.2, 0) is 22.6 Å². The average Bonchev–Trinajstić information content (AvgIpc) is 2.78. The lowest BCUT2D eigenvalue weighted by Crippen LogP contribution is -2.47. The van der Waals surface area contributed by atoms with Crippen molar-refractivity contribution in [2.24, 2.45) is 0 Å². The highest BCUT2D eigenvalue weighted by molar-refractivity contribution is 5.87. The van der Waals surface area contributed by atoms with Crippen molar-refractivity contribution in [3.8, 4) is 11.5 Å². The number of methoxy groups -OCH3 is 2. The fraction of sp³-hybridized carbons (Fsp3) is 0.417. The van der Waals surface area contributed by atoms with Crippen LogP contribution in [0.5, 0.6) is 11.5 Å². The molecule has 0 spiro atoms. The minimum atomic E-state index is -0.644. The molecule has 0 aliphatic carbocycles. The molecule has 0 saturated carbocycles. The van der Waals surface area contributed by atoms with Gasteiger partial charge in [-0.05, 0) is 55.2 Å². The molecule has 0 unspecified atom stereocenters. The minimum Gasteiger partial charge on any atom is -0.493 e. The maximum absolute atomic E-state index is 13.2. The molecule has 0 radical (unpaired) electrons. The van der Waals surface area contributed by atoms with Crippen molar-refractivity contribution >= 4 is 11.8 Å². The number of hydrogen-bond acceptors (Lipinski definition) is 4. The lowest BCUT2D eigenvalue weighted by Gasteiger charge is -2.28. The van der Waals surface area contributed by atoms with Crippen LogP contribution >= 0.6 is 0 Å².